The van der Waals surface area contributed by atoms with Gasteiger partial charge in [-0.2, -0.15) is 0 Å². The van der Waals surface area contributed by atoms with E-state index < -0.39 is 0 Å². The summed E-state index contributed by atoms with van der Waals surface area (Å²) >= 11 is 3.32. The number of likely N-dealkylation sites (N-methyl/N-ethyl adjacent to an activating group) is 1. The monoisotopic (exact) mass is 336 g/mol. The second kappa shape index (κ2) is 6.46. The highest BCUT2D eigenvalue weighted by molar-refractivity contribution is 9.10. The van der Waals surface area contributed by atoms with E-state index in [1.165, 1.54) is 6.07 Å². The molecule has 0 aliphatic rings. The van der Waals surface area contributed by atoms with Crippen molar-refractivity contribution in [3.8, 4) is 0 Å². The molecule has 0 radical (unpaired) electrons. The molecule has 0 fully saturated rings. The third-order valence-corrected chi connectivity index (χ3v) is 4.33. The number of hydrogen-bond donors (Lipinski definition) is 1. The molecule has 1 atom stereocenters. The Labute approximate surface area is 127 Å². The second-order valence-corrected chi connectivity index (χ2v) is 5.68. The minimum absolute atomic E-state index is 0.112. The summed E-state index contributed by atoms with van der Waals surface area (Å²) in [6, 6.07) is 9.35. The topological polar surface area (TPSA) is 24.9 Å². The number of nitrogens with zero attached hydrogens (tertiary/aromatic N) is 1. The van der Waals surface area contributed by atoms with E-state index in [9.17, 15) is 4.39 Å². The van der Waals surface area contributed by atoms with Crippen LogP contribution in [0.2, 0.25) is 0 Å². The molecule has 1 aromatic carbocycles. The maximum atomic E-state index is 13.6. The molecular weight excluding hydrogens is 319 g/mol. The molecule has 1 heterocycles. The Bertz CT molecular complexity index is 613. The van der Waals surface area contributed by atoms with Crippen molar-refractivity contribution in [3.05, 3.63) is 63.1 Å². The molecule has 0 amide bonds. The van der Waals surface area contributed by atoms with Gasteiger partial charge in [0.15, 0.2) is 0 Å². The third-order valence-electron chi connectivity index (χ3n) is 3.45. The van der Waals surface area contributed by atoms with Gasteiger partial charge in [0, 0.05) is 17.4 Å². The van der Waals surface area contributed by atoms with Crippen LogP contribution >= 0.6 is 15.9 Å². The number of halogens is 2. The Kier molecular flexibility index (Phi) is 4.89. The van der Waals surface area contributed by atoms with Crippen molar-refractivity contribution < 1.29 is 4.39 Å². The zero-order valence-electron chi connectivity index (χ0n) is 11.9. The summed E-state index contributed by atoms with van der Waals surface area (Å²) in [5.41, 5.74) is 4.11. The van der Waals surface area contributed by atoms with E-state index in [1.807, 2.05) is 33.0 Å². The average molecular weight is 337 g/mol. The van der Waals surface area contributed by atoms with Gasteiger partial charge in [-0.05, 0) is 66.5 Å². The Morgan fingerprint density at radius 1 is 1.25 bits per heavy atom. The van der Waals surface area contributed by atoms with E-state index >= 15 is 0 Å². The highest BCUT2D eigenvalue weighted by Crippen LogP contribution is 2.27. The van der Waals surface area contributed by atoms with Gasteiger partial charge in [-0.15, -0.1) is 0 Å². The van der Waals surface area contributed by atoms with E-state index in [-0.39, 0.29) is 11.9 Å². The SMILES string of the molecule is CNC(Cc1cccc(F)c1Br)c1ccc(C)nc1C. The summed E-state index contributed by atoms with van der Waals surface area (Å²) in [5.74, 6) is -0.226. The van der Waals surface area contributed by atoms with E-state index in [4.69, 9.17) is 0 Å². The minimum atomic E-state index is -0.226. The number of benzene rings is 1. The van der Waals surface area contributed by atoms with E-state index in [0.717, 1.165) is 22.5 Å². The summed E-state index contributed by atoms with van der Waals surface area (Å²) in [6.07, 6.45) is 0.709. The van der Waals surface area contributed by atoms with Gasteiger partial charge in [-0.25, -0.2) is 4.39 Å². The van der Waals surface area contributed by atoms with Crippen LogP contribution in [0.3, 0.4) is 0 Å². The van der Waals surface area contributed by atoms with Crippen molar-refractivity contribution in [1.82, 2.24) is 10.3 Å². The van der Waals surface area contributed by atoms with E-state index in [2.05, 4.69) is 32.3 Å². The van der Waals surface area contributed by atoms with Crippen molar-refractivity contribution in [2.75, 3.05) is 7.05 Å². The number of rotatable bonds is 4. The van der Waals surface area contributed by atoms with Crippen LogP contribution in [0, 0.1) is 19.7 Å². The Hall–Kier alpha value is -1.26. The predicted octanol–water partition coefficient (Wildman–Crippen LogP) is 4.10. The molecule has 2 rings (SSSR count). The minimum Gasteiger partial charge on any atom is -0.313 e. The number of pyridine rings is 1. The van der Waals surface area contributed by atoms with Crippen LogP contribution in [0.15, 0.2) is 34.8 Å². The average Bonchev–Trinajstić information content (AvgIpc) is 2.41. The zero-order chi connectivity index (χ0) is 14.7. The van der Waals surface area contributed by atoms with Gasteiger partial charge >= 0.3 is 0 Å². The third kappa shape index (κ3) is 3.25. The molecule has 1 aromatic heterocycles. The molecule has 0 aliphatic carbocycles. The molecule has 2 aromatic rings. The maximum Gasteiger partial charge on any atom is 0.137 e. The smallest absolute Gasteiger partial charge is 0.137 e. The summed E-state index contributed by atoms with van der Waals surface area (Å²) in [5, 5.41) is 3.29. The first-order valence-corrected chi connectivity index (χ1v) is 7.36. The normalized spacial score (nSPS) is 12.4. The molecule has 0 saturated heterocycles. The van der Waals surface area contributed by atoms with Gasteiger partial charge in [-0.3, -0.25) is 4.98 Å². The lowest BCUT2D eigenvalue weighted by Gasteiger charge is -2.19. The number of aryl methyl sites for hydroxylation is 2. The van der Waals surface area contributed by atoms with Crippen LogP contribution in [0.5, 0.6) is 0 Å². The van der Waals surface area contributed by atoms with Gasteiger partial charge in [-0.1, -0.05) is 18.2 Å². The predicted molar refractivity (Wildman–Crippen MR) is 83.3 cm³/mol. The summed E-state index contributed by atoms with van der Waals surface area (Å²) in [7, 11) is 1.91. The zero-order valence-corrected chi connectivity index (χ0v) is 13.5. The van der Waals surface area contributed by atoms with Gasteiger partial charge in [0.1, 0.15) is 5.82 Å². The molecule has 0 aliphatic heterocycles. The lowest BCUT2D eigenvalue weighted by atomic mass is 9.97. The summed E-state index contributed by atoms with van der Waals surface area (Å²) in [6.45, 7) is 3.99. The van der Waals surface area contributed by atoms with Crippen LogP contribution in [-0.2, 0) is 6.42 Å². The van der Waals surface area contributed by atoms with E-state index in [1.54, 1.807) is 6.07 Å². The van der Waals surface area contributed by atoms with Gasteiger partial charge in [0.25, 0.3) is 0 Å². The number of nitrogens with one attached hydrogen (secondary N) is 1. The first-order valence-electron chi connectivity index (χ1n) is 6.57. The number of aromatic nitrogens is 1. The van der Waals surface area contributed by atoms with Crippen LogP contribution in [0.1, 0.15) is 28.6 Å². The second-order valence-electron chi connectivity index (χ2n) is 4.89. The lowest BCUT2D eigenvalue weighted by molar-refractivity contribution is 0.575. The largest absolute Gasteiger partial charge is 0.313 e. The fraction of sp³-hybridized carbons (Fsp3) is 0.312. The highest BCUT2D eigenvalue weighted by Gasteiger charge is 2.16. The standard InChI is InChI=1S/C16H18BrFN2/c1-10-7-8-13(11(2)20-10)15(19-3)9-12-5-4-6-14(18)16(12)17/h4-8,15,19H,9H2,1-3H3. The molecule has 2 nitrogen and oxygen atoms in total. The van der Waals surface area contributed by atoms with Crippen molar-refractivity contribution in [2.45, 2.75) is 26.3 Å². The Balaban J connectivity index is 2.31. The molecule has 1 N–H and O–H groups in total. The lowest BCUT2D eigenvalue weighted by Crippen LogP contribution is -2.20. The van der Waals surface area contributed by atoms with Gasteiger partial charge in [0.2, 0.25) is 0 Å². The first kappa shape index (κ1) is 15.1. The molecule has 106 valence electrons. The molecule has 0 saturated carbocycles. The molecule has 0 bridgehead atoms. The summed E-state index contributed by atoms with van der Waals surface area (Å²) in [4.78, 5) is 4.50. The van der Waals surface area contributed by atoms with Crippen molar-refractivity contribution in [3.63, 3.8) is 0 Å². The maximum absolute atomic E-state index is 13.6. The van der Waals surface area contributed by atoms with Crippen LogP contribution < -0.4 is 5.32 Å². The first-order chi connectivity index (χ1) is 9.52. The fourth-order valence-electron chi connectivity index (χ4n) is 2.36. The Morgan fingerprint density at radius 2 is 2.00 bits per heavy atom. The van der Waals surface area contributed by atoms with Crippen LogP contribution in [0.25, 0.3) is 0 Å². The van der Waals surface area contributed by atoms with Crippen LogP contribution in [0.4, 0.5) is 4.39 Å². The quantitative estimate of drug-likeness (QED) is 0.908. The molecular formula is C16H18BrFN2. The molecule has 20 heavy (non-hydrogen) atoms. The Morgan fingerprint density at radius 3 is 2.65 bits per heavy atom. The molecule has 1 unspecified atom stereocenters. The highest BCUT2D eigenvalue weighted by atomic mass is 79.9. The van der Waals surface area contributed by atoms with Crippen LogP contribution in [-0.4, -0.2) is 12.0 Å². The van der Waals surface area contributed by atoms with Gasteiger partial charge < -0.3 is 5.32 Å². The van der Waals surface area contributed by atoms with Crippen molar-refractivity contribution in [1.29, 1.82) is 0 Å². The summed E-state index contributed by atoms with van der Waals surface area (Å²) < 4.78 is 14.1. The van der Waals surface area contributed by atoms with Gasteiger partial charge in [0.05, 0.1) is 4.47 Å². The number of hydrogen-bond acceptors (Lipinski definition) is 2. The fourth-order valence-corrected chi connectivity index (χ4v) is 2.79. The molecule has 4 heteroatoms. The van der Waals surface area contributed by atoms with Crippen molar-refractivity contribution >= 4 is 15.9 Å². The van der Waals surface area contributed by atoms with Crippen molar-refractivity contribution in [2.24, 2.45) is 0 Å². The molecule has 0 spiro atoms. The van der Waals surface area contributed by atoms with E-state index in [0.29, 0.717) is 10.9 Å².